The van der Waals surface area contributed by atoms with E-state index in [0.717, 1.165) is 13.1 Å². The summed E-state index contributed by atoms with van der Waals surface area (Å²) < 4.78 is 0. The summed E-state index contributed by atoms with van der Waals surface area (Å²) in [5, 5.41) is 3.09. The molecular formula is C16H33N3O. The van der Waals surface area contributed by atoms with E-state index >= 15 is 0 Å². The van der Waals surface area contributed by atoms with Gasteiger partial charge in [0.15, 0.2) is 0 Å². The molecule has 0 saturated heterocycles. The number of nitrogens with zero attached hydrogens (tertiary/aromatic N) is 1. The summed E-state index contributed by atoms with van der Waals surface area (Å²) in [5.74, 6) is 0.661. The molecule has 1 aliphatic carbocycles. The van der Waals surface area contributed by atoms with Crippen LogP contribution in [0.3, 0.4) is 0 Å². The SMILES string of the molecule is CCN(C(C)C(=O)NC(C)(C)C)C1CCCCC1CN. The number of nitrogens with two attached hydrogens (primary N) is 1. The quantitative estimate of drug-likeness (QED) is 0.812. The minimum absolute atomic E-state index is 0.0867. The van der Waals surface area contributed by atoms with Crippen molar-refractivity contribution in [2.45, 2.75) is 77.9 Å². The average molecular weight is 283 g/mol. The summed E-state index contributed by atoms with van der Waals surface area (Å²) in [6.45, 7) is 11.9. The Bertz CT molecular complexity index is 311. The Morgan fingerprint density at radius 2 is 1.95 bits per heavy atom. The Hall–Kier alpha value is -0.610. The van der Waals surface area contributed by atoms with Gasteiger partial charge in [0.1, 0.15) is 0 Å². The van der Waals surface area contributed by atoms with Crippen molar-refractivity contribution in [1.29, 1.82) is 0 Å². The molecule has 4 heteroatoms. The van der Waals surface area contributed by atoms with E-state index in [1.165, 1.54) is 25.7 Å². The first-order valence-electron chi connectivity index (χ1n) is 8.08. The van der Waals surface area contributed by atoms with Crippen molar-refractivity contribution < 1.29 is 4.79 Å². The Kier molecular flexibility index (Phi) is 6.46. The standard InChI is InChI=1S/C16H33N3O/c1-6-19(12(2)15(20)18-16(3,4)5)14-10-8-7-9-13(14)11-17/h12-14H,6-11,17H2,1-5H3,(H,18,20). The summed E-state index contributed by atoms with van der Waals surface area (Å²) in [6.07, 6.45) is 4.90. The highest BCUT2D eigenvalue weighted by Gasteiger charge is 2.34. The lowest BCUT2D eigenvalue weighted by Gasteiger charge is -2.42. The van der Waals surface area contributed by atoms with E-state index in [9.17, 15) is 4.79 Å². The molecule has 3 atom stereocenters. The van der Waals surface area contributed by atoms with Crippen molar-refractivity contribution in [3.63, 3.8) is 0 Å². The third kappa shape index (κ3) is 4.74. The molecule has 1 rings (SSSR count). The summed E-state index contributed by atoms with van der Waals surface area (Å²) in [6, 6.07) is 0.371. The number of rotatable bonds is 5. The maximum Gasteiger partial charge on any atom is 0.237 e. The first-order valence-corrected chi connectivity index (χ1v) is 8.08. The van der Waals surface area contributed by atoms with Gasteiger partial charge in [-0.05, 0) is 59.5 Å². The van der Waals surface area contributed by atoms with E-state index in [1.807, 2.05) is 27.7 Å². The molecule has 1 aliphatic rings. The van der Waals surface area contributed by atoms with Gasteiger partial charge in [0.25, 0.3) is 0 Å². The minimum atomic E-state index is -0.176. The fourth-order valence-electron chi connectivity index (χ4n) is 3.32. The fourth-order valence-corrected chi connectivity index (χ4v) is 3.32. The largest absolute Gasteiger partial charge is 0.350 e. The molecule has 4 nitrogen and oxygen atoms in total. The second-order valence-electron chi connectivity index (χ2n) is 7.09. The number of amides is 1. The van der Waals surface area contributed by atoms with Crippen molar-refractivity contribution in [3.05, 3.63) is 0 Å². The number of nitrogens with one attached hydrogen (secondary N) is 1. The molecular weight excluding hydrogens is 250 g/mol. The van der Waals surface area contributed by atoms with E-state index in [-0.39, 0.29) is 17.5 Å². The van der Waals surface area contributed by atoms with Crippen LogP contribution in [0.15, 0.2) is 0 Å². The van der Waals surface area contributed by atoms with E-state index < -0.39 is 0 Å². The molecule has 3 N–H and O–H groups in total. The molecule has 118 valence electrons. The summed E-state index contributed by atoms with van der Waals surface area (Å²) >= 11 is 0. The zero-order valence-electron chi connectivity index (χ0n) is 13.9. The predicted molar refractivity (Wildman–Crippen MR) is 84.5 cm³/mol. The summed E-state index contributed by atoms with van der Waals surface area (Å²) in [5.41, 5.74) is 5.76. The second-order valence-corrected chi connectivity index (χ2v) is 7.09. The molecule has 1 fully saturated rings. The van der Waals surface area contributed by atoms with Crippen LogP contribution in [0.2, 0.25) is 0 Å². The lowest BCUT2D eigenvalue weighted by molar-refractivity contribution is -0.129. The van der Waals surface area contributed by atoms with Crippen LogP contribution >= 0.6 is 0 Å². The average Bonchev–Trinajstić information content (AvgIpc) is 2.38. The minimum Gasteiger partial charge on any atom is -0.350 e. The molecule has 1 amide bonds. The van der Waals surface area contributed by atoms with Crippen molar-refractivity contribution in [2.75, 3.05) is 13.1 Å². The van der Waals surface area contributed by atoms with Gasteiger partial charge >= 0.3 is 0 Å². The number of carbonyl (C=O) groups is 1. The first-order chi connectivity index (χ1) is 9.30. The van der Waals surface area contributed by atoms with Crippen LogP contribution in [0.1, 0.15) is 60.3 Å². The normalized spacial score (nSPS) is 25.6. The zero-order chi connectivity index (χ0) is 15.3. The third-order valence-electron chi connectivity index (χ3n) is 4.34. The van der Waals surface area contributed by atoms with Crippen LogP contribution < -0.4 is 11.1 Å². The molecule has 0 aromatic rings. The van der Waals surface area contributed by atoms with Crippen LogP contribution in [-0.4, -0.2) is 41.5 Å². The van der Waals surface area contributed by atoms with Gasteiger partial charge < -0.3 is 11.1 Å². The highest BCUT2D eigenvalue weighted by molar-refractivity contribution is 5.82. The van der Waals surface area contributed by atoms with Crippen LogP contribution in [0.25, 0.3) is 0 Å². The zero-order valence-corrected chi connectivity index (χ0v) is 13.9. The monoisotopic (exact) mass is 283 g/mol. The van der Waals surface area contributed by atoms with Gasteiger partial charge in [-0.1, -0.05) is 19.8 Å². The molecule has 0 bridgehead atoms. The third-order valence-corrected chi connectivity index (χ3v) is 4.34. The number of carbonyl (C=O) groups excluding carboxylic acids is 1. The van der Waals surface area contributed by atoms with Crippen LogP contribution in [-0.2, 0) is 4.79 Å². The molecule has 0 aromatic carbocycles. The van der Waals surface area contributed by atoms with Crippen molar-refractivity contribution in [2.24, 2.45) is 11.7 Å². The van der Waals surface area contributed by atoms with Crippen molar-refractivity contribution >= 4 is 5.91 Å². The van der Waals surface area contributed by atoms with Gasteiger partial charge in [0, 0.05) is 11.6 Å². The van der Waals surface area contributed by atoms with Gasteiger partial charge in [-0.3, -0.25) is 9.69 Å². The molecule has 1 saturated carbocycles. The van der Waals surface area contributed by atoms with Gasteiger partial charge in [0.05, 0.1) is 6.04 Å². The molecule has 0 spiro atoms. The van der Waals surface area contributed by atoms with Gasteiger partial charge in [-0.25, -0.2) is 0 Å². The molecule has 0 radical (unpaired) electrons. The lowest BCUT2D eigenvalue weighted by Crippen LogP contribution is -2.56. The van der Waals surface area contributed by atoms with E-state index in [2.05, 4.69) is 17.1 Å². The molecule has 20 heavy (non-hydrogen) atoms. The summed E-state index contributed by atoms with van der Waals surface area (Å²) in [4.78, 5) is 14.8. The Morgan fingerprint density at radius 1 is 1.35 bits per heavy atom. The first kappa shape index (κ1) is 17.4. The lowest BCUT2D eigenvalue weighted by atomic mass is 9.83. The second kappa shape index (κ2) is 7.41. The van der Waals surface area contributed by atoms with E-state index in [1.54, 1.807) is 0 Å². The topological polar surface area (TPSA) is 58.4 Å². The molecule has 0 aromatic heterocycles. The van der Waals surface area contributed by atoms with Gasteiger partial charge in [-0.2, -0.15) is 0 Å². The van der Waals surface area contributed by atoms with Crippen molar-refractivity contribution in [1.82, 2.24) is 10.2 Å². The van der Waals surface area contributed by atoms with Crippen LogP contribution in [0.5, 0.6) is 0 Å². The Balaban J connectivity index is 2.75. The Morgan fingerprint density at radius 3 is 2.45 bits per heavy atom. The smallest absolute Gasteiger partial charge is 0.237 e. The fraction of sp³-hybridized carbons (Fsp3) is 0.938. The number of hydrogen-bond donors (Lipinski definition) is 2. The maximum atomic E-state index is 12.4. The molecule has 0 heterocycles. The van der Waals surface area contributed by atoms with Gasteiger partial charge in [0.2, 0.25) is 5.91 Å². The predicted octanol–water partition coefficient (Wildman–Crippen LogP) is 2.13. The van der Waals surface area contributed by atoms with Crippen molar-refractivity contribution in [3.8, 4) is 0 Å². The maximum absolute atomic E-state index is 12.4. The molecule has 0 aliphatic heterocycles. The van der Waals surface area contributed by atoms with Gasteiger partial charge in [-0.15, -0.1) is 0 Å². The van der Waals surface area contributed by atoms with Crippen LogP contribution in [0, 0.1) is 5.92 Å². The number of hydrogen-bond acceptors (Lipinski definition) is 3. The van der Waals surface area contributed by atoms with Crippen LogP contribution in [0.4, 0.5) is 0 Å². The Labute approximate surface area is 124 Å². The highest BCUT2D eigenvalue weighted by Crippen LogP contribution is 2.29. The summed E-state index contributed by atoms with van der Waals surface area (Å²) in [7, 11) is 0. The van der Waals surface area contributed by atoms with E-state index in [0.29, 0.717) is 12.0 Å². The van der Waals surface area contributed by atoms with E-state index in [4.69, 9.17) is 5.73 Å². The molecule has 3 unspecified atom stereocenters. The highest BCUT2D eigenvalue weighted by atomic mass is 16.2. The number of likely N-dealkylation sites (N-methyl/N-ethyl adjacent to an activating group) is 1.